The maximum absolute atomic E-state index is 12.6. The summed E-state index contributed by atoms with van der Waals surface area (Å²) < 4.78 is 5.77. The summed E-state index contributed by atoms with van der Waals surface area (Å²) in [6, 6.07) is 16.5. The van der Waals surface area contributed by atoms with Crippen LogP contribution >= 0.6 is 23.4 Å². The zero-order chi connectivity index (χ0) is 23.1. The predicted octanol–water partition coefficient (Wildman–Crippen LogP) is 3.63. The number of carboxylic acid groups (broad SMARTS) is 1. The van der Waals surface area contributed by atoms with Gasteiger partial charge in [0.25, 0.3) is 5.91 Å². The van der Waals surface area contributed by atoms with Crippen LogP contribution in [0.5, 0.6) is 0 Å². The molecule has 0 unspecified atom stereocenters. The van der Waals surface area contributed by atoms with Crippen molar-refractivity contribution in [1.29, 1.82) is 5.41 Å². The first-order valence-corrected chi connectivity index (χ1v) is 10.8. The fourth-order valence-electron chi connectivity index (χ4n) is 3.23. The monoisotopic (exact) mass is 475 g/mol. The quantitative estimate of drug-likeness (QED) is 0.575. The van der Waals surface area contributed by atoms with Crippen LogP contribution in [0.25, 0.3) is 17.4 Å². The van der Waals surface area contributed by atoms with E-state index in [4.69, 9.17) is 21.4 Å². The largest absolute Gasteiger partial charge is 0.545 e. The number of aromatic carboxylic acids is 1. The maximum atomic E-state index is 12.6. The molecule has 2 aromatic carbocycles. The highest BCUT2D eigenvalue weighted by Gasteiger charge is 2.36. The van der Waals surface area contributed by atoms with E-state index in [-0.39, 0.29) is 22.1 Å². The van der Waals surface area contributed by atoms with Crippen molar-refractivity contribution in [3.8, 4) is 11.3 Å². The topological polar surface area (TPSA) is 122 Å². The van der Waals surface area contributed by atoms with Gasteiger partial charge in [-0.25, -0.2) is 0 Å². The molecule has 1 aromatic heterocycles. The number of amides is 1. The highest BCUT2D eigenvalue weighted by Crippen LogP contribution is 2.33. The number of carbonyl (C=O) groups is 2. The number of hydrogen-bond acceptors (Lipinski definition) is 7. The van der Waals surface area contributed by atoms with Gasteiger partial charge in [-0.2, -0.15) is 15.1 Å². The van der Waals surface area contributed by atoms with Gasteiger partial charge < -0.3 is 14.3 Å². The number of nitrogens with zero attached hydrogens (tertiary/aromatic N) is 3. The minimum absolute atomic E-state index is 0.0247. The summed E-state index contributed by atoms with van der Waals surface area (Å²) in [6.45, 7) is 0. The van der Waals surface area contributed by atoms with Gasteiger partial charge >= 0.3 is 0 Å². The number of carbonyl (C=O) groups excluding carboxylic acids is 2. The fraction of sp³-hybridized carbons (Fsp3) is 0. The zero-order valence-corrected chi connectivity index (χ0v) is 18.2. The van der Waals surface area contributed by atoms with Gasteiger partial charge in [-0.05, 0) is 41.6 Å². The molecule has 0 atom stereocenters. The first kappa shape index (κ1) is 20.9. The molecule has 0 radical (unpaired) electrons. The summed E-state index contributed by atoms with van der Waals surface area (Å²) in [5.41, 5.74) is 1.42. The number of rotatable bonds is 4. The molecule has 0 saturated heterocycles. The summed E-state index contributed by atoms with van der Waals surface area (Å²) in [4.78, 5) is 27.6. The number of thioether (sulfide) groups is 1. The van der Waals surface area contributed by atoms with Crippen molar-refractivity contribution in [2.75, 3.05) is 0 Å². The molecule has 2 aliphatic rings. The average Bonchev–Trinajstić information content (AvgIpc) is 3.44. The van der Waals surface area contributed by atoms with Crippen molar-refractivity contribution in [2.45, 2.75) is 0 Å². The molecule has 33 heavy (non-hydrogen) atoms. The Bertz CT molecular complexity index is 1420. The SMILES string of the molecule is N=C1/C(=C\c2ccc(-c3ccc(C(=O)[O-])cc3)o2)C(=O)N=C2SC(c3ccccc3Cl)=NN12. The number of nitrogens with one attached hydrogen (secondary N) is 1. The molecule has 2 aliphatic heterocycles. The Balaban J connectivity index is 1.43. The van der Waals surface area contributed by atoms with Gasteiger partial charge in [-0.15, -0.1) is 0 Å². The first-order chi connectivity index (χ1) is 15.9. The molecule has 10 heteroatoms. The van der Waals surface area contributed by atoms with Gasteiger partial charge in [-0.1, -0.05) is 54.1 Å². The molecule has 3 heterocycles. The van der Waals surface area contributed by atoms with Crippen molar-refractivity contribution in [3.05, 3.63) is 88.1 Å². The zero-order valence-electron chi connectivity index (χ0n) is 16.6. The smallest absolute Gasteiger partial charge is 0.283 e. The Labute approximate surface area is 196 Å². The molecule has 0 aliphatic carbocycles. The van der Waals surface area contributed by atoms with Crippen molar-refractivity contribution in [1.82, 2.24) is 5.01 Å². The van der Waals surface area contributed by atoms with E-state index in [1.807, 2.05) is 6.07 Å². The van der Waals surface area contributed by atoms with Crippen LogP contribution in [0, 0.1) is 5.41 Å². The molecule has 0 fully saturated rings. The second kappa shape index (κ2) is 8.19. The van der Waals surface area contributed by atoms with Crippen LogP contribution in [-0.4, -0.2) is 32.9 Å². The normalized spacial score (nSPS) is 16.6. The Morgan fingerprint density at radius 1 is 1.12 bits per heavy atom. The van der Waals surface area contributed by atoms with Crippen LogP contribution in [0.15, 0.2) is 80.7 Å². The molecule has 8 nitrogen and oxygen atoms in total. The molecule has 0 saturated carbocycles. The van der Waals surface area contributed by atoms with Crippen LogP contribution in [0.1, 0.15) is 21.7 Å². The van der Waals surface area contributed by atoms with E-state index in [0.29, 0.717) is 32.7 Å². The highest BCUT2D eigenvalue weighted by atomic mass is 35.5. The predicted molar refractivity (Wildman–Crippen MR) is 124 cm³/mol. The van der Waals surface area contributed by atoms with Crippen molar-refractivity contribution < 1.29 is 19.1 Å². The van der Waals surface area contributed by atoms with Gasteiger partial charge in [0.15, 0.2) is 5.84 Å². The Kier molecular flexibility index (Phi) is 5.20. The Hall–Kier alpha value is -3.95. The molecular weight excluding hydrogens is 464 g/mol. The third-order valence-corrected chi connectivity index (χ3v) is 6.15. The van der Waals surface area contributed by atoms with E-state index in [1.165, 1.54) is 35.0 Å². The highest BCUT2D eigenvalue weighted by molar-refractivity contribution is 8.27. The lowest BCUT2D eigenvalue weighted by atomic mass is 10.1. The summed E-state index contributed by atoms with van der Waals surface area (Å²) in [5, 5.41) is 26.4. The Morgan fingerprint density at radius 2 is 1.88 bits per heavy atom. The minimum Gasteiger partial charge on any atom is -0.545 e. The standard InChI is InChI=1S/C23H13ClN4O4S/c24-17-4-2-1-3-15(17)21-27-28-19(25)16(20(29)26-23(28)33-21)11-14-9-10-18(32-14)12-5-7-13(8-6-12)22(30)31/h1-11,25H,(H,30,31)/p-1/b16-11+,25-19?. The lowest BCUT2D eigenvalue weighted by Gasteiger charge is -2.19. The molecule has 3 aromatic rings. The van der Waals surface area contributed by atoms with Crippen molar-refractivity contribution >= 4 is 57.4 Å². The van der Waals surface area contributed by atoms with Crippen LogP contribution in [0.3, 0.4) is 0 Å². The summed E-state index contributed by atoms with van der Waals surface area (Å²) in [6.07, 6.45) is 1.43. The molecule has 162 valence electrons. The summed E-state index contributed by atoms with van der Waals surface area (Å²) in [7, 11) is 0. The van der Waals surface area contributed by atoms with E-state index < -0.39 is 11.9 Å². The second-order valence-corrected chi connectivity index (χ2v) is 8.34. The number of benzene rings is 2. The van der Waals surface area contributed by atoms with Crippen LogP contribution in [-0.2, 0) is 4.79 Å². The van der Waals surface area contributed by atoms with Crippen LogP contribution < -0.4 is 5.11 Å². The lowest BCUT2D eigenvalue weighted by molar-refractivity contribution is -0.255. The third-order valence-electron chi connectivity index (χ3n) is 4.88. The van der Waals surface area contributed by atoms with Crippen molar-refractivity contribution in [3.63, 3.8) is 0 Å². The number of hydrogen-bond donors (Lipinski definition) is 1. The second-order valence-electron chi connectivity index (χ2n) is 6.97. The lowest BCUT2D eigenvalue weighted by Crippen LogP contribution is -2.35. The summed E-state index contributed by atoms with van der Waals surface area (Å²) in [5.74, 6) is -1.16. The number of halogens is 1. The van der Waals surface area contributed by atoms with Gasteiger partial charge in [0.2, 0.25) is 5.17 Å². The number of hydrazone groups is 1. The number of furan rings is 1. The van der Waals surface area contributed by atoms with Gasteiger partial charge in [0.1, 0.15) is 16.6 Å². The van der Waals surface area contributed by atoms with E-state index in [2.05, 4.69) is 10.1 Å². The first-order valence-electron chi connectivity index (χ1n) is 9.57. The van der Waals surface area contributed by atoms with Crippen molar-refractivity contribution in [2.24, 2.45) is 10.1 Å². The number of aliphatic imine (C=N–C) groups is 1. The van der Waals surface area contributed by atoms with Crippen LogP contribution in [0.2, 0.25) is 5.02 Å². The molecule has 1 amide bonds. The van der Waals surface area contributed by atoms with Gasteiger partial charge in [0.05, 0.1) is 16.6 Å². The average molecular weight is 476 g/mol. The molecule has 0 spiro atoms. The maximum Gasteiger partial charge on any atom is 0.283 e. The number of carboxylic acids is 1. The van der Waals surface area contributed by atoms with Gasteiger partial charge in [-0.3, -0.25) is 10.2 Å². The van der Waals surface area contributed by atoms with Crippen LogP contribution in [0.4, 0.5) is 0 Å². The number of amidine groups is 2. The molecule has 5 rings (SSSR count). The molecule has 1 N–H and O–H groups in total. The van der Waals surface area contributed by atoms with E-state index in [1.54, 1.807) is 42.5 Å². The van der Waals surface area contributed by atoms with Gasteiger partial charge in [0, 0.05) is 11.1 Å². The molecular formula is C23H12ClN4O4S-. The third kappa shape index (κ3) is 3.88. The fourth-order valence-corrected chi connectivity index (χ4v) is 4.45. The summed E-state index contributed by atoms with van der Waals surface area (Å²) >= 11 is 7.42. The van der Waals surface area contributed by atoms with E-state index in [9.17, 15) is 14.7 Å². The molecule has 0 bridgehead atoms. The minimum atomic E-state index is -1.26. The van der Waals surface area contributed by atoms with E-state index in [0.717, 1.165) is 0 Å². The Morgan fingerprint density at radius 3 is 2.61 bits per heavy atom. The van der Waals surface area contributed by atoms with E-state index >= 15 is 0 Å². The number of fused-ring (bicyclic) bond motifs is 1.